The normalized spacial score (nSPS) is 17.5. The van der Waals surface area contributed by atoms with Crippen molar-refractivity contribution in [2.75, 3.05) is 32.7 Å². The van der Waals surface area contributed by atoms with Crippen LogP contribution < -0.4 is 0 Å². The molecule has 3 rings (SSSR count). The lowest BCUT2D eigenvalue weighted by atomic mass is 10.1. The third-order valence-corrected chi connectivity index (χ3v) is 4.72. The van der Waals surface area contributed by atoms with Crippen molar-refractivity contribution in [2.45, 2.75) is 25.9 Å². The average Bonchev–Trinajstić information content (AvgIpc) is 3.07. The first kappa shape index (κ1) is 17.7. The molecule has 0 N–H and O–H groups in total. The summed E-state index contributed by atoms with van der Waals surface area (Å²) in [7, 11) is 0. The van der Waals surface area contributed by atoms with E-state index in [0.717, 1.165) is 50.5 Å². The minimum absolute atomic E-state index is 0.196. The van der Waals surface area contributed by atoms with Crippen LogP contribution >= 0.6 is 0 Å². The summed E-state index contributed by atoms with van der Waals surface area (Å²) in [4.78, 5) is 4.85. The molecule has 1 aliphatic heterocycles. The maximum Gasteiger partial charge on any atom is 0.168 e. The van der Waals surface area contributed by atoms with Gasteiger partial charge in [0.2, 0.25) is 0 Å². The van der Waals surface area contributed by atoms with E-state index in [1.165, 1.54) is 12.1 Å². The van der Waals surface area contributed by atoms with Gasteiger partial charge in [0.05, 0.1) is 12.6 Å². The summed E-state index contributed by atoms with van der Waals surface area (Å²) in [5.41, 5.74) is 0.987. The van der Waals surface area contributed by atoms with E-state index < -0.39 is 0 Å². The van der Waals surface area contributed by atoms with Gasteiger partial charge in [0, 0.05) is 32.7 Å². The molecule has 0 amide bonds. The van der Waals surface area contributed by atoms with Crippen LogP contribution in [-0.4, -0.2) is 62.7 Å². The molecule has 0 aliphatic carbocycles. The highest BCUT2D eigenvalue weighted by Gasteiger charge is 2.27. The van der Waals surface area contributed by atoms with Crippen molar-refractivity contribution in [3.8, 4) is 0 Å². The molecule has 0 unspecified atom stereocenters. The second-order valence-corrected chi connectivity index (χ2v) is 6.37. The van der Waals surface area contributed by atoms with Gasteiger partial charge in [-0.15, -0.1) is 11.7 Å². The van der Waals surface area contributed by atoms with Gasteiger partial charge in [-0.3, -0.25) is 9.80 Å². The summed E-state index contributed by atoms with van der Waals surface area (Å²) in [5, 5.41) is 12.3. The van der Waals surface area contributed by atoms with E-state index in [0.29, 0.717) is 6.54 Å². The number of benzene rings is 1. The number of hydrogen-bond donors (Lipinski definition) is 0. The van der Waals surface area contributed by atoms with E-state index in [9.17, 15) is 4.39 Å². The summed E-state index contributed by atoms with van der Waals surface area (Å²) in [6.45, 7) is 11.5. The fourth-order valence-electron chi connectivity index (χ4n) is 3.37. The molecule has 1 aromatic carbocycles. The molecule has 7 heteroatoms. The first-order valence-corrected chi connectivity index (χ1v) is 8.79. The van der Waals surface area contributed by atoms with Crippen LogP contribution in [0.15, 0.2) is 36.9 Å². The van der Waals surface area contributed by atoms with Gasteiger partial charge < -0.3 is 0 Å². The number of hydrogen-bond acceptors (Lipinski definition) is 5. The topological polar surface area (TPSA) is 50.1 Å². The van der Waals surface area contributed by atoms with Gasteiger partial charge in [-0.05, 0) is 34.5 Å². The number of halogens is 1. The molecule has 25 heavy (non-hydrogen) atoms. The van der Waals surface area contributed by atoms with Crippen molar-refractivity contribution in [1.82, 2.24) is 30.0 Å². The Kier molecular flexibility index (Phi) is 5.88. The van der Waals surface area contributed by atoms with E-state index >= 15 is 0 Å². The quantitative estimate of drug-likeness (QED) is 0.720. The number of rotatable bonds is 7. The lowest BCUT2D eigenvalue weighted by Gasteiger charge is -2.38. The molecule has 0 radical (unpaired) electrons. The van der Waals surface area contributed by atoms with Gasteiger partial charge in [-0.1, -0.05) is 25.1 Å². The van der Waals surface area contributed by atoms with Crippen molar-refractivity contribution in [2.24, 2.45) is 0 Å². The second-order valence-electron chi connectivity index (χ2n) is 6.37. The number of nitrogens with zero attached hydrogens (tertiary/aromatic N) is 6. The number of aromatic nitrogens is 4. The van der Waals surface area contributed by atoms with Gasteiger partial charge >= 0.3 is 0 Å². The largest absolute Gasteiger partial charge is 0.297 e. The molecule has 1 saturated heterocycles. The van der Waals surface area contributed by atoms with Crippen molar-refractivity contribution in [3.63, 3.8) is 0 Å². The Morgan fingerprint density at radius 2 is 1.92 bits per heavy atom. The molecule has 1 atom stereocenters. The molecule has 0 bridgehead atoms. The molecule has 1 aromatic heterocycles. The molecular formula is C18H25FN6. The van der Waals surface area contributed by atoms with Crippen LogP contribution in [-0.2, 0) is 6.54 Å². The maximum absolute atomic E-state index is 13.1. The Bertz CT molecular complexity index is 675. The van der Waals surface area contributed by atoms with E-state index in [1.807, 2.05) is 10.8 Å². The summed E-state index contributed by atoms with van der Waals surface area (Å²) >= 11 is 0. The van der Waals surface area contributed by atoms with Crippen molar-refractivity contribution in [1.29, 1.82) is 0 Å². The first-order chi connectivity index (χ1) is 12.2. The van der Waals surface area contributed by atoms with E-state index in [4.69, 9.17) is 0 Å². The zero-order valence-electron chi connectivity index (χ0n) is 14.7. The van der Waals surface area contributed by atoms with Gasteiger partial charge in [0.15, 0.2) is 5.82 Å². The molecule has 0 spiro atoms. The van der Waals surface area contributed by atoms with Crippen LogP contribution in [0.5, 0.6) is 0 Å². The molecule has 134 valence electrons. The molecular weight excluding hydrogens is 319 g/mol. The summed E-state index contributed by atoms with van der Waals surface area (Å²) < 4.78 is 14.9. The minimum Gasteiger partial charge on any atom is -0.297 e. The lowest BCUT2D eigenvalue weighted by Crippen LogP contribution is -2.47. The number of piperazine rings is 1. The average molecular weight is 344 g/mol. The molecule has 1 fully saturated rings. The van der Waals surface area contributed by atoms with Gasteiger partial charge in [-0.2, -0.15) is 0 Å². The van der Waals surface area contributed by atoms with Gasteiger partial charge in [0.1, 0.15) is 5.82 Å². The SMILES string of the molecule is C=CCN1CCN([C@H](CC)c2nnnn2Cc2ccc(F)cc2)CC1. The van der Waals surface area contributed by atoms with Crippen molar-refractivity contribution >= 4 is 0 Å². The summed E-state index contributed by atoms with van der Waals surface area (Å²) in [5.74, 6) is 0.647. The van der Waals surface area contributed by atoms with Crippen LogP contribution in [0.3, 0.4) is 0 Å². The third-order valence-electron chi connectivity index (χ3n) is 4.72. The lowest BCUT2D eigenvalue weighted by molar-refractivity contribution is 0.0949. The molecule has 1 aliphatic rings. The molecule has 2 aromatic rings. The van der Waals surface area contributed by atoms with Crippen LogP contribution in [0, 0.1) is 5.82 Å². The van der Waals surface area contributed by atoms with Crippen molar-refractivity contribution < 1.29 is 4.39 Å². The van der Waals surface area contributed by atoms with E-state index in [2.05, 4.69) is 38.8 Å². The third kappa shape index (κ3) is 4.29. The fourth-order valence-corrected chi connectivity index (χ4v) is 3.37. The molecule has 2 heterocycles. The van der Waals surface area contributed by atoms with Gasteiger partial charge in [0.25, 0.3) is 0 Å². The van der Waals surface area contributed by atoms with Crippen LogP contribution in [0.4, 0.5) is 4.39 Å². The zero-order valence-corrected chi connectivity index (χ0v) is 14.7. The Labute approximate surface area is 147 Å². The first-order valence-electron chi connectivity index (χ1n) is 8.79. The maximum atomic E-state index is 13.1. The summed E-state index contributed by atoms with van der Waals surface area (Å²) in [6.07, 6.45) is 2.90. The molecule has 6 nitrogen and oxygen atoms in total. The van der Waals surface area contributed by atoms with Crippen LogP contribution in [0.2, 0.25) is 0 Å². The standard InChI is InChI=1S/C18H25FN6/c1-3-9-23-10-12-24(13-11-23)17(4-2)18-20-21-22-25(18)14-15-5-7-16(19)8-6-15/h3,5-8,17H,1,4,9-14H2,2H3/t17-/m1/s1. The monoisotopic (exact) mass is 344 g/mol. The predicted molar refractivity (Wildman–Crippen MR) is 94.6 cm³/mol. The second kappa shape index (κ2) is 8.31. The van der Waals surface area contributed by atoms with Gasteiger partial charge in [-0.25, -0.2) is 9.07 Å². The minimum atomic E-state index is -0.232. The number of tetrazole rings is 1. The highest BCUT2D eigenvalue weighted by Crippen LogP contribution is 2.23. The Morgan fingerprint density at radius 3 is 2.56 bits per heavy atom. The molecule has 0 saturated carbocycles. The van der Waals surface area contributed by atoms with Crippen molar-refractivity contribution in [3.05, 3.63) is 54.1 Å². The Hall–Kier alpha value is -2.12. The smallest absolute Gasteiger partial charge is 0.168 e. The highest BCUT2D eigenvalue weighted by atomic mass is 19.1. The van der Waals surface area contributed by atoms with E-state index in [1.54, 1.807) is 12.1 Å². The Morgan fingerprint density at radius 1 is 1.20 bits per heavy atom. The van der Waals surface area contributed by atoms with Crippen LogP contribution in [0.1, 0.15) is 30.8 Å². The van der Waals surface area contributed by atoms with Crippen LogP contribution in [0.25, 0.3) is 0 Å². The predicted octanol–water partition coefficient (Wildman–Crippen LogP) is 2.12. The van der Waals surface area contributed by atoms with E-state index in [-0.39, 0.29) is 11.9 Å². The summed E-state index contributed by atoms with van der Waals surface area (Å²) in [6, 6.07) is 6.68. The Balaban J connectivity index is 1.71. The fraction of sp³-hybridized carbons (Fsp3) is 0.500. The zero-order chi connectivity index (χ0) is 17.6. The highest BCUT2D eigenvalue weighted by molar-refractivity contribution is 5.16.